The van der Waals surface area contributed by atoms with Crippen LogP contribution in [0.3, 0.4) is 0 Å². The minimum Gasteiger partial charge on any atom is -0.508 e. The summed E-state index contributed by atoms with van der Waals surface area (Å²) >= 11 is 0. The number of aromatic hydroxyl groups is 1. The maximum atomic E-state index is 12.0. The first-order chi connectivity index (χ1) is 16.0. The summed E-state index contributed by atoms with van der Waals surface area (Å²) in [4.78, 5) is 47.5. The topological polar surface area (TPSA) is 122 Å². The Bertz CT molecular complexity index is 1080. The largest absolute Gasteiger partial charge is 0.508 e. The van der Waals surface area contributed by atoms with Crippen LogP contribution in [0.15, 0.2) is 60.7 Å². The van der Waals surface area contributed by atoms with E-state index in [-0.39, 0.29) is 30.3 Å². The van der Waals surface area contributed by atoms with Gasteiger partial charge in [-0.05, 0) is 68.3 Å². The van der Waals surface area contributed by atoms with E-state index in [0.717, 1.165) is 5.56 Å². The van der Waals surface area contributed by atoms with Crippen molar-refractivity contribution in [1.82, 2.24) is 5.32 Å². The lowest BCUT2D eigenvalue weighted by molar-refractivity contribution is -0.122. The molecule has 0 heterocycles. The molecule has 0 bridgehead atoms. The van der Waals surface area contributed by atoms with Gasteiger partial charge < -0.3 is 20.5 Å². The van der Waals surface area contributed by atoms with Gasteiger partial charge >= 0.3 is 6.09 Å². The molecule has 8 heteroatoms. The first-order valence-corrected chi connectivity index (χ1v) is 10.6. The smallest absolute Gasteiger partial charge is 0.408 e. The second-order valence-electron chi connectivity index (χ2n) is 8.39. The Morgan fingerprint density at radius 1 is 0.853 bits per heavy atom. The highest BCUT2D eigenvalue weighted by Gasteiger charge is 2.16. The maximum absolute atomic E-state index is 12.0. The Morgan fingerprint density at radius 3 is 1.85 bits per heavy atom. The summed E-state index contributed by atoms with van der Waals surface area (Å²) in [6, 6.07) is 13.0. The molecule has 0 aromatic heterocycles. The number of allylic oxidation sites excluding steroid dienone is 2. The van der Waals surface area contributed by atoms with Crippen molar-refractivity contribution in [3.63, 3.8) is 0 Å². The molecule has 0 spiro atoms. The van der Waals surface area contributed by atoms with E-state index in [1.54, 1.807) is 69.3 Å². The predicted molar refractivity (Wildman–Crippen MR) is 130 cm³/mol. The van der Waals surface area contributed by atoms with Crippen molar-refractivity contribution in [3.05, 3.63) is 71.8 Å². The molecule has 2 aromatic rings. The van der Waals surface area contributed by atoms with E-state index in [2.05, 4.69) is 10.6 Å². The molecule has 0 unspecified atom stereocenters. The molecule has 2 amide bonds. The molecule has 0 atom stereocenters. The molecule has 0 saturated heterocycles. The monoisotopic (exact) mass is 464 g/mol. The third-order valence-electron chi connectivity index (χ3n) is 4.15. The number of anilines is 1. The SMILES string of the molecule is CC(C)(C)OC(=O)NCC(=O)Nc1ccc(C=CC(=O)CC(=O)C=Cc2ccc(O)cc2)cc1. The van der Waals surface area contributed by atoms with Crippen LogP contribution in [-0.2, 0) is 19.1 Å². The van der Waals surface area contributed by atoms with Crippen molar-refractivity contribution in [2.75, 3.05) is 11.9 Å². The van der Waals surface area contributed by atoms with Gasteiger partial charge in [-0.3, -0.25) is 14.4 Å². The zero-order valence-corrected chi connectivity index (χ0v) is 19.3. The zero-order chi connectivity index (χ0) is 25.1. The molecule has 0 aliphatic rings. The maximum Gasteiger partial charge on any atom is 0.408 e. The van der Waals surface area contributed by atoms with Crippen molar-refractivity contribution < 1.29 is 29.0 Å². The second-order valence-corrected chi connectivity index (χ2v) is 8.39. The van der Waals surface area contributed by atoms with E-state index in [1.807, 2.05) is 0 Å². The zero-order valence-electron chi connectivity index (χ0n) is 19.3. The number of hydrogen-bond acceptors (Lipinski definition) is 6. The molecule has 3 N–H and O–H groups in total. The van der Waals surface area contributed by atoms with Gasteiger partial charge in [-0.2, -0.15) is 0 Å². The van der Waals surface area contributed by atoms with Crippen molar-refractivity contribution in [2.45, 2.75) is 32.8 Å². The Morgan fingerprint density at radius 2 is 1.35 bits per heavy atom. The lowest BCUT2D eigenvalue weighted by Crippen LogP contribution is -2.37. The van der Waals surface area contributed by atoms with E-state index >= 15 is 0 Å². The fraction of sp³-hybridized carbons (Fsp3) is 0.231. The second kappa shape index (κ2) is 12.2. The number of amides is 2. The van der Waals surface area contributed by atoms with Gasteiger partial charge in [0.25, 0.3) is 0 Å². The van der Waals surface area contributed by atoms with Gasteiger partial charge in [-0.1, -0.05) is 36.4 Å². The van der Waals surface area contributed by atoms with Crippen LogP contribution in [0, 0.1) is 0 Å². The van der Waals surface area contributed by atoms with Crippen molar-refractivity contribution >= 4 is 41.4 Å². The van der Waals surface area contributed by atoms with Gasteiger partial charge in [0, 0.05) is 5.69 Å². The summed E-state index contributed by atoms with van der Waals surface area (Å²) < 4.78 is 5.06. The highest BCUT2D eigenvalue weighted by molar-refractivity contribution is 6.10. The Labute approximate surface area is 198 Å². The lowest BCUT2D eigenvalue weighted by Gasteiger charge is -2.19. The standard InChI is InChI=1S/C26H28N2O6/c1-26(2,3)34-25(33)27-17-24(32)28-20-10-4-18(5-11-20)8-14-22(30)16-23(31)15-9-19-6-12-21(29)13-7-19/h4-15,29H,16-17H2,1-3H3,(H,27,33)(H,28,32). The minimum atomic E-state index is -0.679. The molecule has 2 rings (SSSR count). The van der Waals surface area contributed by atoms with Crippen LogP contribution in [-0.4, -0.2) is 40.8 Å². The number of nitrogens with one attached hydrogen (secondary N) is 2. The van der Waals surface area contributed by atoms with Gasteiger partial charge in [0.05, 0.1) is 6.42 Å². The van der Waals surface area contributed by atoms with Gasteiger partial charge in [-0.15, -0.1) is 0 Å². The van der Waals surface area contributed by atoms with E-state index in [0.29, 0.717) is 11.3 Å². The molecule has 178 valence electrons. The van der Waals surface area contributed by atoms with Crippen LogP contribution >= 0.6 is 0 Å². The summed E-state index contributed by atoms with van der Waals surface area (Å²) in [6.45, 7) is 4.95. The van der Waals surface area contributed by atoms with Crippen LogP contribution in [0.25, 0.3) is 12.2 Å². The normalized spacial score (nSPS) is 11.4. The molecule has 0 fully saturated rings. The van der Waals surface area contributed by atoms with Crippen LogP contribution in [0.2, 0.25) is 0 Å². The van der Waals surface area contributed by atoms with E-state index in [4.69, 9.17) is 4.74 Å². The van der Waals surface area contributed by atoms with Crippen LogP contribution < -0.4 is 10.6 Å². The van der Waals surface area contributed by atoms with Gasteiger partial charge in [0.1, 0.15) is 17.9 Å². The number of carbonyl (C=O) groups excluding carboxylic acids is 4. The van der Waals surface area contributed by atoms with E-state index < -0.39 is 17.6 Å². The van der Waals surface area contributed by atoms with Gasteiger partial charge in [0.15, 0.2) is 11.6 Å². The van der Waals surface area contributed by atoms with E-state index in [9.17, 15) is 24.3 Å². The highest BCUT2D eigenvalue weighted by Crippen LogP contribution is 2.12. The highest BCUT2D eigenvalue weighted by atomic mass is 16.6. The molecule has 2 aromatic carbocycles. The van der Waals surface area contributed by atoms with Crippen LogP contribution in [0.5, 0.6) is 5.75 Å². The summed E-state index contributed by atoms with van der Waals surface area (Å²) in [5.41, 5.74) is 1.32. The minimum absolute atomic E-state index is 0.134. The molecule has 0 aliphatic heterocycles. The third-order valence-corrected chi connectivity index (χ3v) is 4.15. The molecular formula is C26H28N2O6. The summed E-state index contributed by atoms with van der Waals surface area (Å²) in [7, 11) is 0. The number of alkyl carbamates (subject to hydrolysis) is 1. The number of phenols is 1. The van der Waals surface area contributed by atoms with Crippen molar-refractivity contribution in [2.24, 2.45) is 0 Å². The van der Waals surface area contributed by atoms with E-state index in [1.165, 1.54) is 24.3 Å². The molecule has 8 nitrogen and oxygen atoms in total. The lowest BCUT2D eigenvalue weighted by atomic mass is 10.1. The number of rotatable bonds is 9. The van der Waals surface area contributed by atoms with Crippen LogP contribution in [0.4, 0.5) is 10.5 Å². The average molecular weight is 465 g/mol. The van der Waals surface area contributed by atoms with Gasteiger partial charge in [-0.25, -0.2) is 4.79 Å². The number of ether oxygens (including phenoxy) is 1. The average Bonchev–Trinajstić information content (AvgIpc) is 2.76. The quantitative estimate of drug-likeness (QED) is 0.379. The molecule has 0 radical (unpaired) electrons. The number of hydrogen-bond donors (Lipinski definition) is 3. The molecule has 0 saturated carbocycles. The molecule has 0 aliphatic carbocycles. The Hall–Kier alpha value is -4.20. The molecule has 34 heavy (non-hydrogen) atoms. The Balaban J connectivity index is 1.78. The number of ketones is 2. The van der Waals surface area contributed by atoms with Crippen LogP contribution in [0.1, 0.15) is 38.3 Å². The summed E-state index contributed by atoms with van der Waals surface area (Å²) in [5, 5.41) is 14.3. The fourth-order valence-electron chi connectivity index (χ4n) is 2.60. The molecular weight excluding hydrogens is 436 g/mol. The van der Waals surface area contributed by atoms with Crippen molar-refractivity contribution in [1.29, 1.82) is 0 Å². The summed E-state index contributed by atoms with van der Waals surface area (Å²) in [5.74, 6) is -0.954. The predicted octanol–water partition coefficient (Wildman–Crippen LogP) is 4.11. The van der Waals surface area contributed by atoms with Gasteiger partial charge in [0.2, 0.25) is 5.91 Å². The number of phenolic OH excluding ortho intramolecular Hbond substituents is 1. The fourth-order valence-corrected chi connectivity index (χ4v) is 2.60. The third kappa shape index (κ3) is 10.4. The number of carbonyl (C=O) groups is 4. The first-order valence-electron chi connectivity index (χ1n) is 10.6. The first kappa shape index (κ1) is 26.1. The summed E-state index contributed by atoms with van der Waals surface area (Å²) in [6.07, 6.45) is 4.87. The van der Waals surface area contributed by atoms with Crippen molar-refractivity contribution in [3.8, 4) is 5.75 Å². The Kier molecular flexibility index (Phi) is 9.31. The number of benzene rings is 2.